The van der Waals surface area contributed by atoms with Crippen molar-refractivity contribution >= 4 is 5.82 Å². The van der Waals surface area contributed by atoms with E-state index in [9.17, 15) is 5.26 Å². The second-order valence-electron chi connectivity index (χ2n) is 5.56. The maximum atomic E-state index is 9.24. The maximum Gasteiger partial charge on any atom is 0.140 e. The van der Waals surface area contributed by atoms with Gasteiger partial charge >= 0.3 is 0 Å². The van der Waals surface area contributed by atoms with Crippen LogP contribution >= 0.6 is 0 Å². The Balaban J connectivity index is 2.30. The standard InChI is InChI=1S/C16H20N4/c1-11(2)8-15-14(9-17)16(18)20(19-15)10-13-6-4-12(3)5-7-13/h4-7,11H,8,10,18H2,1-3H3. The fourth-order valence-electron chi connectivity index (χ4n) is 2.16. The average Bonchev–Trinajstić information content (AvgIpc) is 2.67. The number of anilines is 1. The summed E-state index contributed by atoms with van der Waals surface area (Å²) in [7, 11) is 0. The molecule has 4 nitrogen and oxygen atoms in total. The summed E-state index contributed by atoms with van der Waals surface area (Å²) in [6.07, 6.45) is 0.772. The van der Waals surface area contributed by atoms with Crippen molar-refractivity contribution in [2.24, 2.45) is 5.92 Å². The first-order chi connectivity index (χ1) is 9.51. The maximum absolute atomic E-state index is 9.24. The normalized spacial score (nSPS) is 10.8. The molecule has 0 saturated carbocycles. The number of aryl methyl sites for hydroxylation is 1. The first kappa shape index (κ1) is 14.1. The van der Waals surface area contributed by atoms with Gasteiger partial charge in [0.05, 0.1) is 12.2 Å². The van der Waals surface area contributed by atoms with E-state index in [0.717, 1.165) is 17.7 Å². The molecule has 0 radical (unpaired) electrons. The number of rotatable bonds is 4. The van der Waals surface area contributed by atoms with Crippen molar-refractivity contribution in [3.8, 4) is 6.07 Å². The molecule has 4 heteroatoms. The highest BCUT2D eigenvalue weighted by Gasteiger charge is 2.16. The second kappa shape index (κ2) is 5.79. The van der Waals surface area contributed by atoms with Gasteiger partial charge in [0.15, 0.2) is 0 Å². The van der Waals surface area contributed by atoms with E-state index < -0.39 is 0 Å². The van der Waals surface area contributed by atoms with Crippen molar-refractivity contribution < 1.29 is 0 Å². The van der Waals surface area contributed by atoms with E-state index in [-0.39, 0.29) is 0 Å². The van der Waals surface area contributed by atoms with Crippen molar-refractivity contribution in [3.05, 3.63) is 46.6 Å². The van der Waals surface area contributed by atoms with Gasteiger partial charge in [0.2, 0.25) is 0 Å². The lowest BCUT2D eigenvalue weighted by molar-refractivity contribution is 0.609. The van der Waals surface area contributed by atoms with Crippen LogP contribution in [0, 0.1) is 24.2 Å². The molecule has 0 spiro atoms. The number of nitriles is 1. The molecular formula is C16H20N4. The minimum absolute atomic E-state index is 0.448. The van der Waals surface area contributed by atoms with Gasteiger partial charge in [-0.15, -0.1) is 0 Å². The third kappa shape index (κ3) is 3.00. The van der Waals surface area contributed by atoms with E-state index in [4.69, 9.17) is 5.73 Å². The Hall–Kier alpha value is -2.28. The van der Waals surface area contributed by atoms with Crippen LogP contribution in [0.2, 0.25) is 0 Å². The number of benzene rings is 1. The molecule has 0 aliphatic rings. The lowest BCUT2D eigenvalue weighted by atomic mass is 10.1. The molecule has 0 aliphatic heterocycles. The number of hydrogen-bond acceptors (Lipinski definition) is 3. The zero-order valence-corrected chi connectivity index (χ0v) is 12.2. The van der Waals surface area contributed by atoms with E-state index in [1.165, 1.54) is 5.56 Å². The molecule has 2 aromatic rings. The van der Waals surface area contributed by atoms with Gasteiger partial charge in [-0.2, -0.15) is 10.4 Å². The van der Waals surface area contributed by atoms with E-state index in [2.05, 4.69) is 56.2 Å². The first-order valence-corrected chi connectivity index (χ1v) is 6.82. The SMILES string of the molecule is Cc1ccc(Cn2nc(CC(C)C)c(C#N)c2N)cc1. The van der Waals surface area contributed by atoms with Gasteiger partial charge in [-0.1, -0.05) is 43.7 Å². The van der Waals surface area contributed by atoms with Gasteiger partial charge in [-0.3, -0.25) is 0 Å². The summed E-state index contributed by atoms with van der Waals surface area (Å²) in [6.45, 7) is 6.87. The van der Waals surface area contributed by atoms with E-state index in [1.807, 2.05) is 0 Å². The number of nitrogens with zero attached hydrogens (tertiary/aromatic N) is 3. The highest BCUT2D eigenvalue weighted by atomic mass is 15.3. The molecular weight excluding hydrogens is 248 g/mol. The van der Waals surface area contributed by atoms with Crippen molar-refractivity contribution in [1.82, 2.24) is 9.78 Å². The van der Waals surface area contributed by atoms with Crippen LogP contribution in [0.15, 0.2) is 24.3 Å². The molecule has 0 aliphatic carbocycles. The van der Waals surface area contributed by atoms with Crippen LogP contribution < -0.4 is 5.73 Å². The summed E-state index contributed by atoms with van der Waals surface area (Å²) in [5.41, 5.74) is 9.72. The zero-order valence-electron chi connectivity index (χ0n) is 12.2. The lowest BCUT2D eigenvalue weighted by Gasteiger charge is -2.04. The van der Waals surface area contributed by atoms with Crippen LogP contribution in [0.4, 0.5) is 5.82 Å². The molecule has 0 bridgehead atoms. The summed E-state index contributed by atoms with van der Waals surface area (Å²) >= 11 is 0. The van der Waals surface area contributed by atoms with Crippen molar-refractivity contribution in [2.75, 3.05) is 5.73 Å². The van der Waals surface area contributed by atoms with Crippen LogP contribution in [0.5, 0.6) is 0 Å². The van der Waals surface area contributed by atoms with Crippen molar-refractivity contribution in [1.29, 1.82) is 5.26 Å². The number of nitrogen functional groups attached to an aromatic ring is 1. The molecule has 0 fully saturated rings. The predicted octanol–water partition coefficient (Wildman–Crippen LogP) is 2.89. The molecule has 0 amide bonds. The molecule has 1 heterocycles. The molecule has 0 atom stereocenters. The van der Waals surface area contributed by atoms with Crippen molar-refractivity contribution in [3.63, 3.8) is 0 Å². The topological polar surface area (TPSA) is 67.6 Å². The number of hydrogen-bond donors (Lipinski definition) is 1. The van der Waals surface area contributed by atoms with Crippen LogP contribution in [0.25, 0.3) is 0 Å². The Morgan fingerprint density at radius 1 is 1.30 bits per heavy atom. The predicted molar refractivity (Wildman–Crippen MR) is 80.2 cm³/mol. The Bertz CT molecular complexity index is 630. The number of aromatic nitrogens is 2. The summed E-state index contributed by atoms with van der Waals surface area (Å²) in [5.74, 6) is 0.910. The summed E-state index contributed by atoms with van der Waals surface area (Å²) in [5, 5.41) is 13.8. The lowest BCUT2D eigenvalue weighted by Crippen LogP contribution is -2.06. The van der Waals surface area contributed by atoms with Crippen LogP contribution in [-0.2, 0) is 13.0 Å². The van der Waals surface area contributed by atoms with E-state index in [1.54, 1.807) is 4.68 Å². The summed E-state index contributed by atoms with van der Waals surface area (Å²) in [4.78, 5) is 0. The Morgan fingerprint density at radius 2 is 1.95 bits per heavy atom. The molecule has 2 N–H and O–H groups in total. The van der Waals surface area contributed by atoms with Crippen LogP contribution in [0.1, 0.15) is 36.2 Å². The second-order valence-corrected chi connectivity index (χ2v) is 5.56. The molecule has 1 aromatic carbocycles. The largest absolute Gasteiger partial charge is 0.383 e. The van der Waals surface area contributed by atoms with Gasteiger partial charge in [-0.05, 0) is 24.8 Å². The fraction of sp³-hybridized carbons (Fsp3) is 0.375. The minimum Gasteiger partial charge on any atom is -0.383 e. The van der Waals surface area contributed by atoms with Crippen LogP contribution in [0.3, 0.4) is 0 Å². The average molecular weight is 268 g/mol. The third-order valence-corrected chi connectivity index (χ3v) is 3.23. The molecule has 104 valence electrons. The highest BCUT2D eigenvalue weighted by Crippen LogP contribution is 2.20. The molecule has 1 aromatic heterocycles. The highest BCUT2D eigenvalue weighted by molar-refractivity contribution is 5.52. The zero-order chi connectivity index (χ0) is 14.7. The van der Waals surface area contributed by atoms with Crippen molar-refractivity contribution in [2.45, 2.75) is 33.7 Å². The number of nitrogens with two attached hydrogens (primary N) is 1. The van der Waals surface area contributed by atoms with Gasteiger partial charge in [0.25, 0.3) is 0 Å². The quantitative estimate of drug-likeness (QED) is 0.927. The molecule has 2 rings (SSSR count). The first-order valence-electron chi connectivity index (χ1n) is 6.82. The smallest absolute Gasteiger partial charge is 0.140 e. The Morgan fingerprint density at radius 3 is 2.50 bits per heavy atom. The molecule has 0 unspecified atom stereocenters. The van der Waals surface area contributed by atoms with E-state index in [0.29, 0.717) is 23.8 Å². The monoisotopic (exact) mass is 268 g/mol. The third-order valence-electron chi connectivity index (χ3n) is 3.23. The minimum atomic E-state index is 0.448. The Kier molecular flexibility index (Phi) is 4.09. The van der Waals surface area contributed by atoms with Gasteiger partial charge in [0, 0.05) is 0 Å². The van der Waals surface area contributed by atoms with E-state index >= 15 is 0 Å². The summed E-state index contributed by atoms with van der Waals surface area (Å²) in [6, 6.07) is 10.4. The van der Waals surface area contributed by atoms with Gasteiger partial charge in [-0.25, -0.2) is 4.68 Å². The summed E-state index contributed by atoms with van der Waals surface area (Å²) < 4.78 is 1.72. The van der Waals surface area contributed by atoms with Crippen LogP contribution in [-0.4, -0.2) is 9.78 Å². The Labute approximate surface area is 119 Å². The van der Waals surface area contributed by atoms with Gasteiger partial charge in [0.1, 0.15) is 17.5 Å². The molecule has 0 saturated heterocycles. The molecule has 20 heavy (non-hydrogen) atoms. The fourth-order valence-corrected chi connectivity index (χ4v) is 2.16. The van der Waals surface area contributed by atoms with Gasteiger partial charge < -0.3 is 5.73 Å².